The quantitative estimate of drug-likeness (QED) is 0.794. The summed E-state index contributed by atoms with van der Waals surface area (Å²) in [5.41, 5.74) is 7.30. The van der Waals surface area contributed by atoms with E-state index in [1.807, 2.05) is 12.1 Å². The zero-order valence-electron chi connectivity index (χ0n) is 8.39. The van der Waals surface area contributed by atoms with Crippen molar-refractivity contribution in [3.63, 3.8) is 0 Å². The Hall–Kier alpha value is -0.940. The van der Waals surface area contributed by atoms with Gasteiger partial charge in [0.25, 0.3) is 0 Å². The molecule has 15 heavy (non-hydrogen) atoms. The molecule has 0 spiro atoms. The Morgan fingerprint density at radius 3 is 2.73 bits per heavy atom. The van der Waals surface area contributed by atoms with Gasteiger partial charge in [0.05, 0.1) is 11.5 Å². The number of pyridine rings is 1. The molecule has 0 bridgehead atoms. The van der Waals surface area contributed by atoms with E-state index < -0.39 is 9.84 Å². The first-order chi connectivity index (χ1) is 7.11. The molecule has 1 aliphatic rings. The van der Waals surface area contributed by atoms with E-state index in [1.165, 1.54) is 0 Å². The van der Waals surface area contributed by atoms with Gasteiger partial charge in [-0.25, -0.2) is 8.42 Å². The van der Waals surface area contributed by atoms with E-state index in [0.717, 1.165) is 11.3 Å². The summed E-state index contributed by atoms with van der Waals surface area (Å²) in [6, 6.07) is 3.79. The molecule has 0 aromatic carbocycles. The normalized spacial score (nSPS) is 24.2. The molecule has 0 saturated carbocycles. The van der Waals surface area contributed by atoms with Crippen LogP contribution in [0.2, 0.25) is 0 Å². The lowest BCUT2D eigenvalue weighted by molar-refractivity contribution is 0.601. The predicted molar refractivity (Wildman–Crippen MR) is 58.1 cm³/mol. The third-order valence-corrected chi connectivity index (χ3v) is 4.50. The molecule has 1 aliphatic heterocycles. The molecular formula is C10H14N2O2S. The third kappa shape index (κ3) is 2.35. The molecule has 0 radical (unpaired) electrons. The maximum atomic E-state index is 11.3. The van der Waals surface area contributed by atoms with Crippen molar-refractivity contribution in [1.82, 2.24) is 4.98 Å². The van der Waals surface area contributed by atoms with Crippen LogP contribution in [0.4, 0.5) is 0 Å². The zero-order chi connectivity index (χ0) is 10.9. The molecule has 1 aromatic rings. The number of rotatable bonds is 2. The molecule has 2 rings (SSSR count). The molecule has 1 saturated heterocycles. The van der Waals surface area contributed by atoms with Crippen molar-refractivity contribution in [3.8, 4) is 0 Å². The molecular weight excluding hydrogens is 212 g/mol. The van der Waals surface area contributed by atoms with Gasteiger partial charge < -0.3 is 5.73 Å². The van der Waals surface area contributed by atoms with Gasteiger partial charge in [-0.1, -0.05) is 6.07 Å². The summed E-state index contributed by atoms with van der Waals surface area (Å²) in [7, 11) is -2.82. The van der Waals surface area contributed by atoms with Crippen LogP contribution in [0.1, 0.15) is 23.6 Å². The molecule has 2 heterocycles. The molecule has 4 nitrogen and oxygen atoms in total. The molecule has 82 valence electrons. The second-order valence-electron chi connectivity index (χ2n) is 3.90. The maximum Gasteiger partial charge on any atom is 0.151 e. The topological polar surface area (TPSA) is 73.1 Å². The Morgan fingerprint density at radius 1 is 1.47 bits per heavy atom. The Balaban J connectivity index is 2.17. The minimum atomic E-state index is -2.82. The van der Waals surface area contributed by atoms with Crippen LogP contribution >= 0.6 is 0 Å². The van der Waals surface area contributed by atoms with Crippen LogP contribution in [0.5, 0.6) is 0 Å². The Kier molecular flexibility index (Phi) is 2.75. The van der Waals surface area contributed by atoms with Crippen molar-refractivity contribution < 1.29 is 8.42 Å². The van der Waals surface area contributed by atoms with E-state index in [0.29, 0.717) is 13.0 Å². The fourth-order valence-electron chi connectivity index (χ4n) is 1.83. The van der Waals surface area contributed by atoms with Gasteiger partial charge in [-0.05, 0) is 18.1 Å². The summed E-state index contributed by atoms with van der Waals surface area (Å²) in [5.74, 6) is 0.599. The van der Waals surface area contributed by atoms with Crippen LogP contribution in [0.25, 0.3) is 0 Å². The van der Waals surface area contributed by atoms with Gasteiger partial charge in [0.2, 0.25) is 0 Å². The molecule has 1 aromatic heterocycles. The fourth-order valence-corrected chi connectivity index (χ4v) is 3.59. The summed E-state index contributed by atoms with van der Waals surface area (Å²) in [6.07, 6.45) is 2.41. The van der Waals surface area contributed by atoms with Gasteiger partial charge in [0.1, 0.15) is 0 Å². The molecule has 5 heteroatoms. The first-order valence-corrected chi connectivity index (χ1v) is 6.78. The van der Waals surface area contributed by atoms with Gasteiger partial charge in [-0.15, -0.1) is 0 Å². The van der Waals surface area contributed by atoms with Crippen molar-refractivity contribution in [2.75, 3.05) is 11.5 Å². The SMILES string of the molecule is NCc1ccc(C2CCS(=O)(=O)C2)nc1. The van der Waals surface area contributed by atoms with Crippen molar-refractivity contribution in [2.45, 2.75) is 18.9 Å². The molecule has 0 amide bonds. The predicted octanol–water partition coefficient (Wildman–Crippen LogP) is 0.442. The molecule has 2 N–H and O–H groups in total. The van der Waals surface area contributed by atoms with E-state index in [-0.39, 0.29) is 17.4 Å². The minimum absolute atomic E-state index is 0.0711. The average Bonchev–Trinajstić information content (AvgIpc) is 2.59. The van der Waals surface area contributed by atoms with E-state index in [1.54, 1.807) is 6.20 Å². The Morgan fingerprint density at radius 2 is 2.27 bits per heavy atom. The second kappa shape index (κ2) is 3.90. The summed E-state index contributed by atoms with van der Waals surface area (Å²) in [4.78, 5) is 4.25. The van der Waals surface area contributed by atoms with Gasteiger partial charge in [0, 0.05) is 24.4 Å². The number of hydrogen-bond acceptors (Lipinski definition) is 4. The lowest BCUT2D eigenvalue weighted by Crippen LogP contribution is -2.06. The monoisotopic (exact) mass is 226 g/mol. The number of nitrogens with two attached hydrogens (primary N) is 1. The zero-order valence-corrected chi connectivity index (χ0v) is 9.20. The number of aromatic nitrogens is 1. The highest BCUT2D eigenvalue weighted by molar-refractivity contribution is 7.91. The summed E-state index contributed by atoms with van der Waals surface area (Å²) in [5, 5.41) is 0. The Bertz CT molecular complexity index is 439. The van der Waals surface area contributed by atoms with Gasteiger partial charge >= 0.3 is 0 Å². The van der Waals surface area contributed by atoms with E-state index in [9.17, 15) is 8.42 Å². The lowest BCUT2D eigenvalue weighted by atomic mass is 10.0. The van der Waals surface area contributed by atoms with E-state index in [2.05, 4.69) is 4.98 Å². The van der Waals surface area contributed by atoms with Crippen molar-refractivity contribution in [2.24, 2.45) is 5.73 Å². The van der Waals surface area contributed by atoms with Gasteiger partial charge in [0.15, 0.2) is 9.84 Å². The van der Waals surface area contributed by atoms with Gasteiger partial charge in [-0.3, -0.25) is 4.98 Å². The van der Waals surface area contributed by atoms with Crippen LogP contribution in [0.15, 0.2) is 18.3 Å². The van der Waals surface area contributed by atoms with Gasteiger partial charge in [-0.2, -0.15) is 0 Å². The van der Waals surface area contributed by atoms with Crippen molar-refractivity contribution in [1.29, 1.82) is 0 Å². The highest BCUT2D eigenvalue weighted by Crippen LogP contribution is 2.27. The van der Waals surface area contributed by atoms with Crippen LogP contribution in [0.3, 0.4) is 0 Å². The first kappa shape index (κ1) is 10.6. The van der Waals surface area contributed by atoms with Crippen molar-refractivity contribution >= 4 is 9.84 Å². The minimum Gasteiger partial charge on any atom is -0.326 e. The third-order valence-electron chi connectivity index (χ3n) is 2.73. The first-order valence-electron chi connectivity index (χ1n) is 4.96. The largest absolute Gasteiger partial charge is 0.326 e. The summed E-state index contributed by atoms with van der Waals surface area (Å²) >= 11 is 0. The standard InChI is InChI=1S/C10H14N2O2S/c11-5-8-1-2-10(12-6-8)9-3-4-15(13,14)7-9/h1-2,6,9H,3-5,7,11H2. The number of sulfone groups is 1. The fraction of sp³-hybridized carbons (Fsp3) is 0.500. The highest BCUT2D eigenvalue weighted by Gasteiger charge is 2.29. The van der Waals surface area contributed by atoms with Crippen LogP contribution in [-0.4, -0.2) is 24.9 Å². The smallest absolute Gasteiger partial charge is 0.151 e. The second-order valence-corrected chi connectivity index (χ2v) is 6.12. The van der Waals surface area contributed by atoms with E-state index >= 15 is 0 Å². The molecule has 1 fully saturated rings. The molecule has 0 aliphatic carbocycles. The van der Waals surface area contributed by atoms with Crippen LogP contribution in [0, 0.1) is 0 Å². The van der Waals surface area contributed by atoms with E-state index in [4.69, 9.17) is 5.73 Å². The summed E-state index contributed by atoms with van der Waals surface area (Å²) in [6.45, 7) is 0.468. The average molecular weight is 226 g/mol. The molecule has 1 unspecified atom stereocenters. The number of nitrogens with zero attached hydrogens (tertiary/aromatic N) is 1. The number of hydrogen-bond donors (Lipinski definition) is 1. The molecule has 1 atom stereocenters. The highest BCUT2D eigenvalue weighted by atomic mass is 32.2. The maximum absolute atomic E-state index is 11.3. The Labute approximate surface area is 89.4 Å². The lowest BCUT2D eigenvalue weighted by Gasteiger charge is -2.06. The van der Waals surface area contributed by atoms with Crippen LogP contribution in [-0.2, 0) is 16.4 Å². The summed E-state index contributed by atoms with van der Waals surface area (Å²) < 4.78 is 22.6. The van der Waals surface area contributed by atoms with Crippen LogP contribution < -0.4 is 5.73 Å². The van der Waals surface area contributed by atoms with Crippen molar-refractivity contribution in [3.05, 3.63) is 29.6 Å².